The molecule has 0 bridgehead atoms. The molecule has 1 aliphatic rings. The van der Waals surface area contributed by atoms with Gasteiger partial charge in [0.2, 0.25) is 0 Å². The van der Waals surface area contributed by atoms with Crippen molar-refractivity contribution in [2.24, 2.45) is 5.92 Å². The van der Waals surface area contributed by atoms with Crippen LogP contribution in [0.4, 0.5) is 5.82 Å². The Balaban J connectivity index is 1.96. The Morgan fingerprint density at radius 3 is 2.95 bits per heavy atom. The monoisotopic (exact) mass is 291 g/mol. The average Bonchev–Trinajstić information content (AvgIpc) is 2.91. The molecule has 106 valence electrons. The van der Waals surface area contributed by atoms with Gasteiger partial charge >= 0.3 is 0 Å². The van der Waals surface area contributed by atoms with Gasteiger partial charge in [-0.2, -0.15) is 0 Å². The second-order valence-corrected chi connectivity index (χ2v) is 5.84. The Hall–Kier alpha value is -1.55. The fraction of sp³-hybridized carbons (Fsp3) is 0.467. The van der Waals surface area contributed by atoms with Gasteiger partial charge in [0.15, 0.2) is 0 Å². The average molecular weight is 292 g/mol. The van der Waals surface area contributed by atoms with Crippen LogP contribution >= 0.6 is 11.6 Å². The minimum absolute atomic E-state index is 0.221. The summed E-state index contributed by atoms with van der Waals surface area (Å²) in [5.74, 6) is 3.25. The third-order valence-electron chi connectivity index (χ3n) is 3.82. The maximum absolute atomic E-state index is 6.07. The normalized spacial score (nSPS) is 23.1. The fourth-order valence-electron chi connectivity index (χ4n) is 2.83. The lowest BCUT2D eigenvalue weighted by atomic mass is 9.91. The van der Waals surface area contributed by atoms with E-state index in [-0.39, 0.29) is 6.04 Å². The summed E-state index contributed by atoms with van der Waals surface area (Å²) in [6, 6.07) is 6.02. The summed E-state index contributed by atoms with van der Waals surface area (Å²) in [4.78, 5) is 10.9. The second kappa shape index (κ2) is 5.44. The van der Waals surface area contributed by atoms with Gasteiger partial charge in [0, 0.05) is 12.6 Å². The van der Waals surface area contributed by atoms with Crippen LogP contribution in [0.25, 0.3) is 0 Å². The fourth-order valence-corrected chi connectivity index (χ4v) is 3.05. The van der Waals surface area contributed by atoms with Crippen LogP contribution in [0.1, 0.15) is 37.4 Å². The predicted octanol–water partition coefficient (Wildman–Crippen LogP) is 4.01. The van der Waals surface area contributed by atoms with Gasteiger partial charge in [-0.05, 0) is 37.8 Å². The Morgan fingerprint density at radius 2 is 2.25 bits per heavy atom. The van der Waals surface area contributed by atoms with Gasteiger partial charge in [-0.15, -0.1) is 0 Å². The maximum atomic E-state index is 6.07. The minimum atomic E-state index is 0.221. The first-order valence-corrected chi connectivity index (χ1v) is 7.32. The van der Waals surface area contributed by atoms with Gasteiger partial charge in [-0.1, -0.05) is 18.5 Å². The first-order valence-electron chi connectivity index (χ1n) is 6.94. The number of nitrogens with zero attached hydrogens (tertiary/aromatic N) is 3. The summed E-state index contributed by atoms with van der Waals surface area (Å²) >= 11 is 6.07. The lowest BCUT2D eigenvalue weighted by molar-refractivity contribution is 0.327. The van der Waals surface area contributed by atoms with Gasteiger partial charge in [-0.25, -0.2) is 9.97 Å². The molecule has 3 rings (SSSR count). The number of anilines is 1. The first-order chi connectivity index (χ1) is 9.63. The number of hydrogen-bond donors (Lipinski definition) is 0. The van der Waals surface area contributed by atoms with E-state index in [2.05, 4.69) is 21.8 Å². The first kappa shape index (κ1) is 13.4. The van der Waals surface area contributed by atoms with E-state index in [0.29, 0.717) is 16.9 Å². The van der Waals surface area contributed by atoms with E-state index >= 15 is 0 Å². The third-order valence-corrected chi connectivity index (χ3v) is 4.02. The molecule has 1 fully saturated rings. The summed E-state index contributed by atoms with van der Waals surface area (Å²) < 4.78 is 5.62. The summed E-state index contributed by atoms with van der Waals surface area (Å²) in [7, 11) is 0. The Labute approximate surface area is 123 Å². The molecule has 2 atom stereocenters. The molecule has 5 heteroatoms. The summed E-state index contributed by atoms with van der Waals surface area (Å²) in [6.45, 7) is 5.11. The SMILES string of the molecule is Cc1nc(Cl)cc(N2CC[C@@H](C)C[C@@H]2c2ccco2)n1. The smallest absolute Gasteiger partial charge is 0.134 e. The van der Waals surface area contributed by atoms with Gasteiger partial charge < -0.3 is 9.32 Å². The second-order valence-electron chi connectivity index (χ2n) is 5.45. The summed E-state index contributed by atoms with van der Waals surface area (Å²) in [5, 5.41) is 0.490. The number of piperidine rings is 1. The highest BCUT2D eigenvalue weighted by Gasteiger charge is 2.30. The lowest BCUT2D eigenvalue weighted by Crippen LogP contribution is -2.36. The molecule has 0 unspecified atom stereocenters. The Morgan fingerprint density at radius 1 is 1.40 bits per heavy atom. The molecule has 0 spiro atoms. The standard InChI is InChI=1S/C15H18ClN3O/c1-10-5-6-19(12(8-10)13-4-3-7-20-13)15-9-14(16)17-11(2)18-15/h3-4,7,9-10,12H,5-6,8H2,1-2H3/t10-,12-/m1/s1. The van der Waals surface area contributed by atoms with Crippen molar-refractivity contribution >= 4 is 17.4 Å². The number of furan rings is 1. The van der Waals surface area contributed by atoms with Crippen LogP contribution in [0.5, 0.6) is 0 Å². The molecule has 4 nitrogen and oxygen atoms in total. The molecule has 0 aromatic carbocycles. The highest BCUT2D eigenvalue weighted by molar-refractivity contribution is 6.29. The zero-order valence-electron chi connectivity index (χ0n) is 11.7. The Bertz CT molecular complexity index is 565. The van der Waals surface area contributed by atoms with Crippen LogP contribution in [0.15, 0.2) is 28.9 Å². The zero-order valence-corrected chi connectivity index (χ0v) is 12.5. The maximum Gasteiger partial charge on any atom is 0.134 e. The minimum Gasteiger partial charge on any atom is -0.467 e. The number of halogens is 1. The molecule has 0 amide bonds. The highest BCUT2D eigenvalue weighted by atomic mass is 35.5. The van der Waals surface area contributed by atoms with E-state index in [0.717, 1.165) is 31.0 Å². The van der Waals surface area contributed by atoms with E-state index in [1.54, 1.807) is 6.26 Å². The van der Waals surface area contributed by atoms with Crippen LogP contribution in [0.3, 0.4) is 0 Å². The van der Waals surface area contributed by atoms with Gasteiger partial charge in [0.05, 0.1) is 12.3 Å². The topological polar surface area (TPSA) is 42.2 Å². The van der Waals surface area contributed by atoms with Crippen molar-refractivity contribution in [3.63, 3.8) is 0 Å². The molecular formula is C15H18ClN3O. The van der Waals surface area contributed by atoms with Crippen LogP contribution in [0.2, 0.25) is 5.15 Å². The van der Waals surface area contributed by atoms with Crippen molar-refractivity contribution in [2.45, 2.75) is 32.7 Å². The molecule has 2 aromatic rings. The van der Waals surface area contributed by atoms with Gasteiger partial charge in [-0.3, -0.25) is 0 Å². The van der Waals surface area contributed by atoms with Crippen LogP contribution < -0.4 is 4.90 Å². The molecule has 1 saturated heterocycles. The zero-order chi connectivity index (χ0) is 14.1. The van der Waals surface area contributed by atoms with Crippen LogP contribution in [0, 0.1) is 12.8 Å². The number of aryl methyl sites for hydroxylation is 1. The van der Waals surface area contributed by atoms with E-state index in [9.17, 15) is 0 Å². The number of aromatic nitrogens is 2. The lowest BCUT2D eigenvalue weighted by Gasteiger charge is -2.38. The largest absolute Gasteiger partial charge is 0.467 e. The third kappa shape index (κ3) is 2.66. The van der Waals surface area contributed by atoms with E-state index in [1.165, 1.54) is 0 Å². The molecule has 0 aliphatic carbocycles. The summed E-state index contributed by atoms with van der Waals surface area (Å²) in [5.41, 5.74) is 0. The van der Waals surface area contributed by atoms with Crippen molar-refractivity contribution in [1.82, 2.24) is 9.97 Å². The summed E-state index contributed by atoms with van der Waals surface area (Å²) in [6.07, 6.45) is 3.94. The number of rotatable bonds is 2. The van der Waals surface area contributed by atoms with Crippen LogP contribution in [-0.2, 0) is 0 Å². The molecule has 0 saturated carbocycles. The van der Waals surface area contributed by atoms with Crippen molar-refractivity contribution in [3.05, 3.63) is 41.2 Å². The molecular weight excluding hydrogens is 274 g/mol. The van der Waals surface area contributed by atoms with Crippen molar-refractivity contribution in [3.8, 4) is 0 Å². The molecule has 3 heterocycles. The van der Waals surface area contributed by atoms with Crippen molar-refractivity contribution in [2.75, 3.05) is 11.4 Å². The Kier molecular flexibility index (Phi) is 3.66. The van der Waals surface area contributed by atoms with E-state index in [1.807, 2.05) is 25.1 Å². The quantitative estimate of drug-likeness (QED) is 0.784. The highest BCUT2D eigenvalue weighted by Crippen LogP contribution is 2.37. The van der Waals surface area contributed by atoms with Crippen molar-refractivity contribution in [1.29, 1.82) is 0 Å². The molecule has 0 radical (unpaired) electrons. The van der Waals surface area contributed by atoms with Crippen molar-refractivity contribution < 1.29 is 4.42 Å². The molecule has 0 N–H and O–H groups in total. The predicted molar refractivity (Wildman–Crippen MR) is 79.0 cm³/mol. The molecule has 20 heavy (non-hydrogen) atoms. The molecule has 1 aliphatic heterocycles. The van der Waals surface area contributed by atoms with Gasteiger partial charge in [0.1, 0.15) is 22.6 Å². The van der Waals surface area contributed by atoms with E-state index < -0.39 is 0 Å². The molecule has 2 aromatic heterocycles. The van der Waals surface area contributed by atoms with Gasteiger partial charge in [0.25, 0.3) is 0 Å². The van der Waals surface area contributed by atoms with E-state index in [4.69, 9.17) is 16.0 Å². The van der Waals surface area contributed by atoms with Crippen LogP contribution in [-0.4, -0.2) is 16.5 Å². The number of hydrogen-bond acceptors (Lipinski definition) is 4.